The van der Waals surface area contributed by atoms with Crippen molar-refractivity contribution in [1.82, 2.24) is 14.4 Å². The van der Waals surface area contributed by atoms with E-state index in [-0.39, 0.29) is 0 Å². The fourth-order valence-electron chi connectivity index (χ4n) is 0.978. The topological polar surface area (TPSA) is 30.2 Å². The van der Waals surface area contributed by atoms with Crippen LogP contribution in [0.4, 0.5) is 0 Å². The van der Waals surface area contributed by atoms with Gasteiger partial charge in [-0.1, -0.05) is 11.6 Å². The van der Waals surface area contributed by atoms with Crippen LogP contribution >= 0.6 is 11.6 Å². The van der Waals surface area contributed by atoms with E-state index in [2.05, 4.69) is 9.97 Å². The fraction of sp³-hybridized carbons (Fsp3) is 0. The largest absolute Gasteiger partial charge is 0.306 e. The first-order valence-corrected chi connectivity index (χ1v) is 4.60. The van der Waals surface area contributed by atoms with Gasteiger partial charge in [0.1, 0.15) is 17.1 Å². The summed E-state index contributed by atoms with van der Waals surface area (Å²) in [4.78, 5) is 8.10. The average Bonchev–Trinajstić information content (AvgIpc) is 2.32. The smallest absolute Gasteiger partial charge is 0.289 e. The molecule has 0 fully saturated rings. The second-order valence-corrected chi connectivity index (χ2v) is 3.75. The molecule has 0 radical (unpaired) electrons. The van der Waals surface area contributed by atoms with Crippen LogP contribution in [0.15, 0.2) is 18.6 Å². The lowest BCUT2D eigenvalue weighted by atomic mass is 10.6. The van der Waals surface area contributed by atoms with E-state index in [0.717, 1.165) is 21.9 Å². The van der Waals surface area contributed by atoms with E-state index in [1.54, 1.807) is 12.4 Å². The first-order chi connectivity index (χ1) is 5.27. The van der Waals surface area contributed by atoms with Crippen molar-refractivity contribution in [2.75, 3.05) is 0 Å². The molecule has 54 valence electrons. The van der Waals surface area contributed by atoms with Crippen molar-refractivity contribution < 1.29 is 0 Å². The van der Waals surface area contributed by atoms with Gasteiger partial charge < -0.3 is 4.40 Å². The summed E-state index contributed by atoms with van der Waals surface area (Å²) in [6.45, 7) is 0. The van der Waals surface area contributed by atoms with Crippen LogP contribution in [0.3, 0.4) is 0 Å². The Morgan fingerprint density at radius 2 is 2.27 bits per heavy atom. The molecule has 0 aliphatic rings. The summed E-state index contributed by atoms with van der Waals surface area (Å²) >= 11 is 6.65. The highest BCUT2D eigenvalue weighted by atomic mass is 35.5. The predicted octanol–water partition coefficient (Wildman–Crippen LogP) is -0.359. The molecule has 0 aromatic carbocycles. The monoisotopic (exact) mass is 181 g/mol. The molecule has 5 heteroatoms. The van der Waals surface area contributed by atoms with Gasteiger partial charge in [-0.2, -0.15) is 0 Å². The maximum Gasteiger partial charge on any atom is 0.289 e. The number of imidazole rings is 1. The molecule has 0 aliphatic heterocycles. The molecule has 0 spiro atoms. The number of hydrogen-bond acceptors (Lipinski definition) is 2. The van der Waals surface area contributed by atoms with Crippen LogP contribution in [0, 0.1) is 0 Å². The lowest BCUT2D eigenvalue weighted by molar-refractivity contribution is 1.11. The summed E-state index contributed by atoms with van der Waals surface area (Å²) in [5, 5.41) is 0.491. The Morgan fingerprint density at radius 1 is 1.45 bits per heavy atom. The fourth-order valence-corrected chi connectivity index (χ4v) is 1.59. The third-order valence-electron chi connectivity index (χ3n) is 1.56. The number of halogens is 1. The standard InChI is InChI=1S/C6H3ClN3.Al.2H/c7-5-3-6-8-1-2-10(6)4-9-5;;;/h1,3-4H;;;. The highest BCUT2D eigenvalue weighted by molar-refractivity contribution is 6.31. The van der Waals surface area contributed by atoms with E-state index in [4.69, 9.17) is 11.6 Å². The number of hydrogen-bond donors (Lipinski definition) is 0. The van der Waals surface area contributed by atoms with E-state index >= 15 is 0 Å². The van der Waals surface area contributed by atoms with E-state index in [1.165, 1.54) is 4.56 Å². The molecule has 2 heterocycles. The minimum Gasteiger partial charge on any atom is -0.306 e. The van der Waals surface area contributed by atoms with Crippen molar-refractivity contribution >= 4 is 38.1 Å². The van der Waals surface area contributed by atoms with E-state index in [9.17, 15) is 0 Å². The van der Waals surface area contributed by atoms with Crippen LogP contribution in [0.2, 0.25) is 5.15 Å². The van der Waals surface area contributed by atoms with Crippen molar-refractivity contribution in [3.05, 3.63) is 23.7 Å². The molecule has 0 N–H and O–H groups in total. The van der Waals surface area contributed by atoms with Gasteiger partial charge in [0.2, 0.25) is 0 Å². The Labute approximate surface area is 76.5 Å². The Balaban J connectivity index is 2.86. The van der Waals surface area contributed by atoms with Crippen LogP contribution in [0.25, 0.3) is 5.65 Å². The van der Waals surface area contributed by atoms with Crippen molar-refractivity contribution in [1.29, 1.82) is 0 Å². The second-order valence-electron chi connectivity index (χ2n) is 2.34. The van der Waals surface area contributed by atoms with E-state index in [0.29, 0.717) is 5.15 Å². The summed E-state index contributed by atoms with van der Waals surface area (Å²) in [6, 6.07) is 1.75. The molecule has 11 heavy (non-hydrogen) atoms. The van der Waals surface area contributed by atoms with Gasteiger partial charge in [-0.15, -0.1) is 0 Å². The number of aromatic nitrogens is 3. The maximum atomic E-state index is 5.67. The Hall–Kier alpha value is -0.558. The van der Waals surface area contributed by atoms with Gasteiger partial charge in [-0.3, -0.25) is 0 Å². The van der Waals surface area contributed by atoms with Crippen LogP contribution < -0.4 is 4.56 Å². The zero-order chi connectivity index (χ0) is 7.84. The summed E-state index contributed by atoms with van der Waals surface area (Å²) in [5.41, 5.74) is 0.870. The molecule has 0 saturated carbocycles. The number of nitrogens with zero attached hydrogens (tertiary/aromatic N) is 3. The summed E-state index contributed by atoms with van der Waals surface area (Å²) in [7, 11) is 0. The summed E-state index contributed by atoms with van der Waals surface area (Å²) in [6.07, 6.45) is 3.55. The predicted molar refractivity (Wildman–Crippen MR) is 46.2 cm³/mol. The van der Waals surface area contributed by atoms with Crippen LogP contribution in [-0.4, -0.2) is 30.7 Å². The zero-order valence-electron chi connectivity index (χ0n) is 5.95. The molecule has 0 unspecified atom stereocenters. The zero-order valence-corrected chi connectivity index (χ0v) is 8.71. The maximum absolute atomic E-state index is 5.67. The minimum atomic E-state index is 0.491. The van der Waals surface area contributed by atoms with Crippen molar-refractivity contribution in [3.63, 3.8) is 0 Å². The average molecular weight is 182 g/mol. The molecule has 0 saturated heterocycles. The normalized spacial score (nSPS) is 10.6. The Kier molecular flexibility index (Phi) is 1.61. The number of fused-ring (bicyclic) bond motifs is 1. The quantitative estimate of drug-likeness (QED) is 0.411. The Bertz CT molecular complexity index is 398. The molecule has 0 bridgehead atoms. The third-order valence-corrected chi connectivity index (χ3v) is 2.50. The molecule has 0 atom stereocenters. The molecule has 3 nitrogen and oxygen atoms in total. The highest BCUT2D eigenvalue weighted by Crippen LogP contribution is 2.04. The van der Waals surface area contributed by atoms with Crippen LogP contribution in [-0.2, 0) is 0 Å². The summed E-state index contributed by atoms with van der Waals surface area (Å²) in [5.74, 6) is 0. The molecule has 2 aromatic heterocycles. The van der Waals surface area contributed by atoms with Crippen molar-refractivity contribution in [3.8, 4) is 0 Å². The first-order valence-electron chi connectivity index (χ1n) is 3.22. The van der Waals surface area contributed by atoms with Gasteiger partial charge in [-0.05, 0) is 4.56 Å². The summed E-state index contributed by atoms with van der Waals surface area (Å²) < 4.78 is 3.14. The second kappa shape index (κ2) is 2.49. The first kappa shape index (κ1) is 7.11. The highest BCUT2D eigenvalue weighted by Gasteiger charge is 1.97. The molecule has 2 aromatic rings. The van der Waals surface area contributed by atoms with Gasteiger partial charge in [0, 0.05) is 12.3 Å². The lowest BCUT2D eigenvalue weighted by Crippen LogP contribution is -2.08. The van der Waals surface area contributed by atoms with Gasteiger partial charge in [-0.25, -0.2) is 9.97 Å². The van der Waals surface area contributed by atoms with Gasteiger partial charge in [0.15, 0.2) is 0 Å². The molecular weight excluding hydrogens is 177 g/mol. The van der Waals surface area contributed by atoms with Crippen molar-refractivity contribution in [2.45, 2.75) is 0 Å². The Morgan fingerprint density at radius 3 is 3.09 bits per heavy atom. The lowest BCUT2D eigenvalue weighted by Gasteiger charge is -1.94. The SMILES string of the molecule is [AlH2][c]1cnc2cc(Cl)ncn12. The third kappa shape index (κ3) is 1.14. The minimum absolute atomic E-state index is 0.491. The van der Waals surface area contributed by atoms with Crippen LogP contribution in [0.5, 0.6) is 0 Å². The van der Waals surface area contributed by atoms with Gasteiger partial charge in [0.05, 0.1) is 0 Å². The van der Waals surface area contributed by atoms with Crippen LogP contribution in [0.1, 0.15) is 0 Å². The van der Waals surface area contributed by atoms with Crippen molar-refractivity contribution in [2.24, 2.45) is 0 Å². The van der Waals surface area contributed by atoms with E-state index in [1.807, 2.05) is 10.6 Å². The molecule has 2 rings (SSSR count). The van der Waals surface area contributed by atoms with E-state index < -0.39 is 0 Å². The molecular formula is C6H5AlClN3. The molecule has 0 aliphatic carbocycles. The van der Waals surface area contributed by atoms with Gasteiger partial charge >= 0.3 is 0 Å². The molecule has 0 amide bonds. The number of rotatable bonds is 0. The van der Waals surface area contributed by atoms with Gasteiger partial charge in [0.25, 0.3) is 16.3 Å².